The summed E-state index contributed by atoms with van der Waals surface area (Å²) in [7, 11) is 0. The highest BCUT2D eigenvalue weighted by Gasteiger charge is 2.19. The van der Waals surface area contributed by atoms with Crippen LogP contribution >= 0.6 is 11.5 Å². The molecule has 1 atom stereocenters. The summed E-state index contributed by atoms with van der Waals surface area (Å²) in [5.74, 6) is -0.827. The summed E-state index contributed by atoms with van der Waals surface area (Å²) < 4.78 is 3.73. The van der Waals surface area contributed by atoms with Crippen LogP contribution in [-0.4, -0.2) is 25.5 Å². The summed E-state index contributed by atoms with van der Waals surface area (Å²) in [5.41, 5.74) is 0. The molecule has 0 amide bonds. The fraction of sp³-hybridized carbons (Fsp3) is 0.400. The summed E-state index contributed by atoms with van der Waals surface area (Å²) in [6, 6.07) is 0. The number of aliphatic hydroxyl groups is 1. The van der Waals surface area contributed by atoms with E-state index >= 15 is 0 Å². The van der Waals surface area contributed by atoms with Crippen molar-refractivity contribution in [2.45, 2.75) is 13.0 Å². The van der Waals surface area contributed by atoms with Gasteiger partial charge in [0, 0.05) is 0 Å². The minimum Gasteiger partial charge on any atom is -0.479 e. The Balaban J connectivity index is 2.84. The normalized spacial score (nSPS) is 12.9. The van der Waals surface area contributed by atoms with Crippen LogP contribution in [0.2, 0.25) is 0 Å². The largest absolute Gasteiger partial charge is 0.479 e. The van der Waals surface area contributed by atoms with Gasteiger partial charge in [0.05, 0.1) is 0 Å². The van der Waals surface area contributed by atoms with E-state index in [1.54, 1.807) is 6.92 Å². The number of aromatic nitrogens is 2. The number of carbonyl (C=O) groups is 1. The van der Waals surface area contributed by atoms with Crippen LogP contribution in [0.25, 0.3) is 0 Å². The molecule has 1 unspecified atom stereocenters. The third-order valence-corrected chi connectivity index (χ3v) is 1.87. The van der Waals surface area contributed by atoms with Crippen LogP contribution in [0, 0.1) is 6.92 Å². The molecule has 0 bridgehead atoms. The molecule has 0 fully saturated rings. The van der Waals surface area contributed by atoms with Crippen molar-refractivity contribution >= 4 is 17.5 Å². The van der Waals surface area contributed by atoms with E-state index in [0.717, 1.165) is 11.5 Å². The average Bonchev–Trinajstić information content (AvgIpc) is 2.34. The standard InChI is InChI=1S/C5H6N2O3S/c1-2-6-4(11-7-2)3(8)5(9)10/h3,8H,1H3,(H,9,10). The molecule has 6 heteroatoms. The van der Waals surface area contributed by atoms with Crippen molar-refractivity contribution in [2.75, 3.05) is 0 Å². The van der Waals surface area contributed by atoms with E-state index in [1.165, 1.54) is 0 Å². The molecule has 5 nitrogen and oxygen atoms in total. The lowest BCUT2D eigenvalue weighted by Crippen LogP contribution is -2.09. The molecule has 0 aromatic carbocycles. The van der Waals surface area contributed by atoms with Crippen LogP contribution in [0.3, 0.4) is 0 Å². The fourth-order valence-electron chi connectivity index (χ4n) is 0.530. The monoisotopic (exact) mass is 174 g/mol. The number of hydrogen-bond donors (Lipinski definition) is 2. The van der Waals surface area contributed by atoms with Gasteiger partial charge in [0.2, 0.25) is 6.10 Å². The van der Waals surface area contributed by atoms with E-state index < -0.39 is 12.1 Å². The maximum Gasteiger partial charge on any atom is 0.339 e. The summed E-state index contributed by atoms with van der Waals surface area (Å²) >= 11 is 0.894. The molecule has 0 aliphatic heterocycles. The predicted molar refractivity (Wildman–Crippen MR) is 37.2 cm³/mol. The lowest BCUT2D eigenvalue weighted by Gasteiger charge is -1.96. The zero-order chi connectivity index (χ0) is 8.43. The molecule has 1 heterocycles. The maximum atomic E-state index is 10.2. The van der Waals surface area contributed by atoms with E-state index in [2.05, 4.69) is 9.36 Å². The average molecular weight is 174 g/mol. The molecule has 1 rings (SSSR count). The Morgan fingerprint density at radius 1 is 1.73 bits per heavy atom. The third-order valence-electron chi connectivity index (χ3n) is 1.01. The van der Waals surface area contributed by atoms with E-state index in [-0.39, 0.29) is 5.01 Å². The quantitative estimate of drug-likeness (QED) is 0.657. The number of aliphatic hydroxyl groups excluding tert-OH is 1. The Bertz CT molecular complexity index is 272. The first-order valence-electron chi connectivity index (χ1n) is 2.82. The van der Waals surface area contributed by atoms with Crippen molar-refractivity contribution in [2.24, 2.45) is 0 Å². The second-order valence-electron chi connectivity index (χ2n) is 1.92. The first kappa shape index (κ1) is 8.09. The van der Waals surface area contributed by atoms with Crippen molar-refractivity contribution in [3.05, 3.63) is 10.8 Å². The van der Waals surface area contributed by atoms with Crippen molar-refractivity contribution in [1.29, 1.82) is 0 Å². The zero-order valence-corrected chi connectivity index (χ0v) is 6.50. The Morgan fingerprint density at radius 2 is 2.36 bits per heavy atom. The Hall–Kier alpha value is -1.01. The maximum absolute atomic E-state index is 10.2. The van der Waals surface area contributed by atoms with E-state index in [4.69, 9.17) is 10.2 Å². The second kappa shape index (κ2) is 2.93. The van der Waals surface area contributed by atoms with Gasteiger partial charge in [0.1, 0.15) is 5.82 Å². The predicted octanol–water partition coefficient (Wildman–Crippen LogP) is -0.0355. The number of aryl methyl sites for hydroxylation is 1. The van der Waals surface area contributed by atoms with E-state index in [0.29, 0.717) is 5.82 Å². The van der Waals surface area contributed by atoms with Gasteiger partial charge in [-0.3, -0.25) is 0 Å². The lowest BCUT2D eigenvalue weighted by molar-refractivity contribution is -0.146. The van der Waals surface area contributed by atoms with Gasteiger partial charge in [-0.05, 0) is 18.5 Å². The van der Waals surface area contributed by atoms with Crippen LogP contribution in [-0.2, 0) is 4.79 Å². The molecule has 1 aromatic rings. The first-order chi connectivity index (χ1) is 5.11. The number of carboxylic acid groups (broad SMARTS) is 1. The zero-order valence-electron chi connectivity index (χ0n) is 5.68. The van der Waals surface area contributed by atoms with Gasteiger partial charge in [0.25, 0.3) is 0 Å². The van der Waals surface area contributed by atoms with Crippen LogP contribution < -0.4 is 0 Å². The SMILES string of the molecule is Cc1nsc(C(O)C(=O)O)n1. The van der Waals surface area contributed by atoms with E-state index in [9.17, 15) is 4.79 Å². The van der Waals surface area contributed by atoms with Crippen molar-refractivity contribution in [3.63, 3.8) is 0 Å². The fourth-order valence-corrected chi connectivity index (χ4v) is 1.17. The second-order valence-corrected chi connectivity index (χ2v) is 2.70. The van der Waals surface area contributed by atoms with Gasteiger partial charge in [-0.15, -0.1) is 0 Å². The molecule has 60 valence electrons. The topological polar surface area (TPSA) is 83.3 Å². The highest BCUT2D eigenvalue weighted by Crippen LogP contribution is 2.14. The molecule has 1 aromatic heterocycles. The molecule has 0 saturated heterocycles. The number of aliphatic carboxylic acids is 1. The number of hydrogen-bond acceptors (Lipinski definition) is 5. The number of carboxylic acids is 1. The minimum absolute atomic E-state index is 0.120. The molecule has 11 heavy (non-hydrogen) atoms. The molecular weight excluding hydrogens is 168 g/mol. The molecule has 0 radical (unpaired) electrons. The highest BCUT2D eigenvalue weighted by molar-refractivity contribution is 7.05. The Labute approximate surface area is 66.5 Å². The van der Waals surface area contributed by atoms with Crippen molar-refractivity contribution in [3.8, 4) is 0 Å². The summed E-state index contributed by atoms with van der Waals surface area (Å²) in [5, 5.41) is 17.4. The Morgan fingerprint density at radius 3 is 2.73 bits per heavy atom. The van der Waals surface area contributed by atoms with Gasteiger partial charge < -0.3 is 10.2 Å². The molecule has 0 aliphatic carbocycles. The van der Waals surface area contributed by atoms with E-state index in [1.807, 2.05) is 0 Å². The van der Waals surface area contributed by atoms with Crippen LogP contribution in [0.5, 0.6) is 0 Å². The van der Waals surface area contributed by atoms with Gasteiger partial charge >= 0.3 is 5.97 Å². The third kappa shape index (κ3) is 1.72. The highest BCUT2D eigenvalue weighted by atomic mass is 32.1. The summed E-state index contributed by atoms with van der Waals surface area (Å²) in [4.78, 5) is 13.9. The lowest BCUT2D eigenvalue weighted by atomic mass is 10.4. The van der Waals surface area contributed by atoms with Crippen LogP contribution in [0.1, 0.15) is 16.9 Å². The number of nitrogens with zero attached hydrogens (tertiary/aromatic N) is 2. The van der Waals surface area contributed by atoms with Crippen LogP contribution in [0.15, 0.2) is 0 Å². The van der Waals surface area contributed by atoms with Crippen LogP contribution in [0.4, 0.5) is 0 Å². The van der Waals surface area contributed by atoms with Gasteiger partial charge in [-0.1, -0.05) is 0 Å². The molecule has 2 N–H and O–H groups in total. The van der Waals surface area contributed by atoms with Gasteiger partial charge in [-0.2, -0.15) is 4.37 Å². The summed E-state index contributed by atoms with van der Waals surface area (Å²) in [6.45, 7) is 1.63. The minimum atomic E-state index is -1.54. The van der Waals surface area contributed by atoms with Crippen molar-refractivity contribution in [1.82, 2.24) is 9.36 Å². The van der Waals surface area contributed by atoms with Crippen molar-refractivity contribution < 1.29 is 15.0 Å². The smallest absolute Gasteiger partial charge is 0.339 e. The Kier molecular flexibility index (Phi) is 2.16. The molecule has 0 spiro atoms. The first-order valence-corrected chi connectivity index (χ1v) is 3.59. The van der Waals surface area contributed by atoms with Gasteiger partial charge in [-0.25, -0.2) is 9.78 Å². The molecular formula is C5H6N2O3S. The molecule has 0 aliphatic rings. The molecule has 0 saturated carbocycles. The number of rotatable bonds is 2. The summed E-state index contributed by atoms with van der Waals surface area (Å²) in [6.07, 6.45) is -1.54. The van der Waals surface area contributed by atoms with Gasteiger partial charge in [0.15, 0.2) is 5.01 Å².